The van der Waals surface area contributed by atoms with E-state index in [4.69, 9.17) is 39.9 Å². The van der Waals surface area contributed by atoms with Gasteiger partial charge >= 0.3 is 5.97 Å². The van der Waals surface area contributed by atoms with Crippen molar-refractivity contribution in [2.45, 2.75) is 24.6 Å². The minimum atomic E-state index is -0.807. The van der Waals surface area contributed by atoms with Crippen LogP contribution in [-0.2, 0) is 4.79 Å². The Morgan fingerprint density at radius 1 is 1.31 bits per heavy atom. The average Bonchev–Trinajstić information content (AvgIpc) is 2.21. The first-order chi connectivity index (χ1) is 7.50. The summed E-state index contributed by atoms with van der Waals surface area (Å²) in [6.07, 6.45) is 1.28. The van der Waals surface area contributed by atoms with Crippen molar-refractivity contribution in [3.8, 4) is 0 Å². The van der Waals surface area contributed by atoms with Crippen molar-refractivity contribution in [3.63, 3.8) is 0 Å². The maximum atomic E-state index is 10.3. The van der Waals surface area contributed by atoms with E-state index in [0.29, 0.717) is 22.9 Å². The van der Waals surface area contributed by atoms with E-state index in [0.717, 1.165) is 5.56 Å². The fraction of sp³-hybridized carbons (Fsp3) is 0.364. The molecule has 0 radical (unpaired) electrons. The molecule has 2 nitrogen and oxygen atoms in total. The molecular weight excluding hydrogens is 270 g/mol. The van der Waals surface area contributed by atoms with Gasteiger partial charge in [-0.1, -0.05) is 29.3 Å². The molecule has 0 fully saturated rings. The highest BCUT2D eigenvalue weighted by molar-refractivity contribution is 6.42. The number of rotatable bonds is 5. The van der Waals surface area contributed by atoms with Crippen LogP contribution in [0.5, 0.6) is 0 Å². The molecule has 0 aromatic heterocycles. The Balaban J connectivity index is 2.55. The predicted molar refractivity (Wildman–Crippen MR) is 66.5 cm³/mol. The minimum Gasteiger partial charge on any atom is -0.481 e. The van der Waals surface area contributed by atoms with Crippen molar-refractivity contribution >= 4 is 40.8 Å². The largest absolute Gasteiger partial charge is 0.481 e. The Labute approximate surface area is 109 Å². The molecule has 0 bridgehead atoms. The summed E-state index contributed by atoms with van der Waals surface area (Å²) in [5.41, 5.74) is 0.862. The molecule has 0 aliphatic heterocycles. The Morgan fingerprint density at radius 3 is 2.56 bits per heavy atom. The summed E-state index contributed by atoms with van der Waals surface area (Å²) in [6, 6.07) is 5.20. The van der Waals surface area contributed by atoms with Crippen LogP contribution >= 0.6 is 34.8 Å². The fourth-order valence-corrected chi connectivity index (χ4v) is 1.90. The topological polar surface area (TPSA) is 37.3 Å². The maximum absolute atomic E-state index is 10.3. The standard InChI is InChI=1S/C11H11Cl3O2/c12-8(2-1-3-11(15)16)7-4-5-9(13)10(14)6-7/h4-6,8H,1-3H2,(H,15,16). The quantitative estimate of drug-likeness (QED) is 0.805. The van der Waals surface area contributed by atoms with Gasteiger partial charge in [-0.3, -0.25) is 4.79 Å². The molecule has 5 heteroatoms. The molecule has 16 heavy (non-hydrogen) atoms. The van der Waals surface area contributed by atoms with Crippen LogP contribution in [0, 0.1) is 0 Å². The maximum Gasteiger partial charge on any atom is 0.303 e. The number of carbonyl (C=O) groups is 1. The van der Waals surface area contributed by atoms with E-state index in [1.807, 2.05) is 0 Å². The van der Waals surface area contributed by atoms with E-state index in [1.54, 1.807) is 18.2 Å². The molecule has 0 saturated heterocycles. The van der Waals surface area contributed by atoms with Crippen LogP contribution in [0.15, 0.2) is 18.2 Å². The fourth-order valence-electron chi connectivity index (χ4n) is 1.31. The Morgan fingerprint density at radius 2 is 2.00 bits per heavy atom. The van der Waals surface area contributed by atoms with Gasteiger partial charge in [0.15, 0.2) is 0 Å². The van der Waals surface area contributed by atoms with E-state index in [-0.39, 0.29) is 11.8 Å². The van der Waals surface area contributed by atoms with Gasteiger partial charge in [0.05, 0.1) is 15.4 Å². The number of carboxylic acid groups (broad SMARTS) is 1. The normalized spacial score (nSPS) is 12.4. The lowest BCUT2D eigenvalue weighted by molar-refractivity contribution is -0.137. The molecule has 1 aromatic carbocycles. The molecule has 1 aromatic rings. The lowest BCUT2D eigenvalue weighted by Crippen LogP contribution is -1.97. The third-order valence-corrected chi connectivity index (χ3v) is 3.36. The van der Waals surface area contributed by atoms with Crippen LogP contribution in [0.3, 0.4) is 0 Å². The number of halogens is 3. The molecule has 0 amide bonds. The molecule has 1 N–H and O–H groups in total. The van der Waals surface area contributed by atoms with Crippen LogP contribution < -0.4 is 0 Å². The molecule has 0 aliphatic rings. The monoisotopic (exact) mass is 280 g/mol. The van der Waals surface area contributed by atoms with Gasteiger partial charge in [0, 0.05) is 6.42 Å². The number of hydrogen-bond acceptors (Lipinski definition) is 1. The molecule has 0 spiro atoms. The zero-order valence-electron chi connectivity index (χ0n) is 8.42. The van der Waals surface area contributed by atoms with E-state index in [1.165, 1.54) is 0 Å². The number of carboxylic acids is 1. The van der Waals surface area contributed by atoms with Gasteiger partial charge < -0.3 is 5.11 Å². The first kappa shape index (κ1) is 13.6. The number of aliphatic carboxylic acids is 1. The summed E-state index contributed by atoms with van der Waals surface area (Å²) in [4.78, 5) is 10.3. The Kier molecular flexibility index (Phi) is 5.39. The Hall–Kier alpha value is -0.440. The molecule has 1 unspecified atom stereocenters. The summed E-state index contributed by atoms with van der Waals surface area (Å²) in [5, 5.41) is 9.22. The van der Waals surface area contributed by atoms with Gasteiger partial charge in [-0.05, 0) is 30.5 Å². The molecule has 0 heterocycles. The first-order valence-corrected chi connectivity index (χ1v) is 6.00. The van der Waals surface area contributed by atoms with E-state index >= 15 is 0 Å². The molecule has 0 saturated carbocycles. The summed E-state index contributed by atoms with van der Waals surface area (Å²) in [5.74, 6) is -0.807. The highest BCUT2D eigenvalue weighted by Crippen LogP contribution is 2.31. The van der Waals surface area contributed by atoms with E-state index in [2.05, 4.69) is 0 Å². The second-order valence-electron chi connectivity index (χ2n) is 3.43. The van der Waals surface area contributed by atoms with Gasteiger partial charge in [-0.25, -0.2) is 0 Å². The van der Waals surface area contributed by atoms with Crippen molar-refractivity contribution in [1.29, 1.82) is 0 Å². The summed E-state index contributed by atoms with van der Waals surface area (Å²) in [7, 11) is 0. The van der Waals surface area contributed by atoms with Crippen molar-refractivity contribution in [2.75, 3.05) is 0 Å². The van der Waals surface area contributed by atoms with Crippen molar-refractivity contribution in [2.24, 2.45) is 0 Å². The van der Waals surface area contributed by atoms with Gasteiger partial charge in [0.25, 0.3) is 0 Å². The summed E-state index contributed by atoms with van der Waals surface area (Å²) < 4.78 is 0. The second kappa shape index (κ2) is 6.33. The smallest absolute Gasteiger partial charge is 0.303 e. The van der Waals surface area contributed by atoms with Crippen LogP contribution in [0.4, 0.5) is 0 Å². The van der Waals surface area contributed by atoms with Crippen LogP contribution in [0.2, 0.25) is 10.0 Å². The summed E-state index contributed by atoms with van der Waals surface area (Å²) >= 11 is 17.8. The van der Waals surface area contributed by atoms with Gasteiger partial charge in [-0.2, -0.15) is 0 Å². The molecule has 0 aliphatic carbocycles. The van der Waals surface area contributed by atoms with Crippen LogP contribution in [0.25, 0.3) is 0 Å². The second-order valence-corrected chi connectivity index (χ2v) is 4.77. The van der Waals surface area contributed by atoms with Crippen LogP contribution in [0.1, 0.15) is 30.2 Å². The average molecular weight is 282 g/mol. The van der Waals surface area contributed by atoms with Crippen LogP contribution in [-0.4, -0.2) is 11.1 Å². The minimum absolute atomic E-state index is 0.130. The van der Waals surface area contributed by atoms with E-state index < -0.39 is 5.97 Å². The van der Waals surface area contributed by atoms with Gasteiger partial charge in [-0.15, -0.1) is 11.6 Å². The third kappa shape index (κ3) is 4.20. The lowest BCUT2D eigenvalue weighted by Gasteiger charge is -2.09. The third-order valence-electron chi connectivity index (χ3n) is 2.15. The molecule has 88 valence electrons. The van der Waals surface area contributed by atoms with Crippen molar-refractivity contribution < 1.29 is 9.90 Å². The zero-order chi connectivity index (χ0) is 12.1. The predicted octanol–water partition coefficient (Wildman–Crippen LogP) is 4.53. The summed E-state index contributed by atoms with van der Waals surface area (Å²) in [6.45, 7) is 0. The Bertz CT molecular complexity index is 379. The number of hydrogen-bond donors (Lipinski definition) is 1. The number of alkyl halides is 1. The lowest BCUT2D eigenvalue weighted by atomic mass is 10.1. The highest BCUT2D eigenvalue weighted by Gasteiger charge is 2.10. The van der Waals surface area contributed by atoms with E-state index in [9.17, 15) is 4.79 Å². The van der Waals surface area contributed by atoms with Crippen molar-refractivity contribution in [1.82, 2.24) is 0 Å². The first-order valence-electron chi connectivity index (χ1n) is 4.81. The molecule has 1 atom stereocenters. The van der Waals surface area contributed by atoms with Gasteiger partial charge in [0.1, 0.15) is 0 Å². The van der Waals surface area contributed by atoms with Crippen molar-refractivity contribution in [3.05, 3.63) is 33.8 Å². The molecule has 1 rings (SSSR count). The molecular formula is C11H11Cl3O2. The zero-order valence-corrected chi connectivity index (χ0v) is 10.7. The van der Waals surface area contributed by atoms with Gasteiger partial charge in [0.2, 0.25) is 0 Å². The highest BCUT2D eigenvalue weighted by atomic mass is 35.5. The number of benzene rings is 1. The SMILES string of the molecule is O=C(O)CCCC(Cl)c1ccc(Cl)c(Cl)c1.